The van der Waals surface area contributed by atoms with E-state index in [1.807, 2.05) is 36.9 Å². The predicted octanol–water partition coefficient (Wildman–Crippen LogP) is 2.77. The van der Waals surface area contributed by atoms with E-state index in [4.69, 9.17) is 4.74 Å². The first-order valence-corrected chi connectivity index (χ1v) is 9.47. The Kier molecular flexibility index (Phi) is 5.44. The van der Waals surface area contributed by atoms with E-state index in [0.717, 1.165) is 11.1 Å². The number of carbonyl (C=O) groups excluding carboxylic acids is 1. The van der Waals surface area contributed by atoms with E-state index in [9.17, 15) is 4.79 Å². The number of nitrogens with zero attached hydrogens (tertiary/aromatic N) is 5. The zero-order chi connectivity index (χ0) is 20.2. The lowest BCUT2D eigenvalue weighted by molar-refractivity contribution is 0.0302. The minimum atomic E-state index is -0.0102. The van der Waals surface area contributed by atoms with Gasteiger partial charge in [0.05, 0.1) is 24.5 Å². The minimum Gasteiger partial charge on any atom is -0.378 e. The second-order valence-electron chi connectivity index (χ2n) is 6.81. The molecule has 1 fully saturated rings. The molecular weight excluding hydrogens is 368 g/mol. The van der Waals surface area contributed by atoms with Crippen molar-refractivity contribution >= 4 is 17.5 Å². The van der Waals surface area contributed by atoms with Crippen LogP contribution in [0.5, 0.6) is 0 Å². The number of morpholine rings is 1. The maximum absolute atomic E-state index is 12.9. The number of carbonyl (C=O) groups is 1. The zero-order valence-electron chi connectivity index (χ0n) is 16.4. The lowest BCUT2D eigenvalue weighted by atomic mass is 10.0. The molecule has 0 bridgehead atoms. The maximum atomic E-state index is 12.9. The van der Waals surface area contributed by atoms with Crippen molar-refractivity contribution in [3.05, 3.63) is 59.9 Å². The monoisotopic (exact) mass is 390 g/mol. The third-order valence-electron chi connectivity index (χ3n) is 4.74. The van der Waals surface area contributed by atoms with Gasteiger partial charge < -0.3 is 15.0 Å². The van der Waals surface area contributed by atoms with E-state index in [1.54, 1.807) is 24.7 Å². The number of ether oxygens (including phenoxy) is 1. The van der Waals surface area contributed by atoms with Crippen LogP contribution in [0.1, 0.15) is 21.9 Å². The molecule has 0 atom stereocenters. The molecule has 29 heavy (non-hydrogen) atoms. The van der Waals surface area contributed by atoms with E-state index in [2.05, 4.69) is 25.3 Å². The number of hydrogen-bond donors (Lipinski definition) is 1. The maximum Gasteiger partial charge on any atom is 0.255 e. The number of anilines is 2. The summed E-state index contributed by atoms with van der Waals surface area (Å²) in [5.74, 6) is 2.00. The van der Waals surface area contributed by atoms with Crippen molar-refractivity contribution in [2.45, 2.75) is 13.8 Å². The smallest absolute Gasteiger partial charge is 0.255 e. The van der Waals surface area contributed by atoms with Crippen LogP contribution in [0.2, 0.25) is 0 Å². The number of hydrogen-bond acceptors (Lipinski definition) is 7. The molecule has 1 aliphatic rings. The number of nitrogens with one attached hydrogen (secondary N) is 1. The molecule has 1 amide bonds. The average molecular weight is 390 g/mol. The average Bonchev–Trinajstić information content (AvgIpc) is 2.74. The van der Waals surface area contributed by atoms with Gasteiger partial charge in [0, 0.05) is 37.2 Å². The van der Waals surface area contributed by atoms with Crippen molar-refractivity contribution in [3.63, 3.8) is 0 Å². The normalized spacial score (nSPS) is 13.9. The van der Waals surface area contributed by atoms with Gasteiger partial charge in [-0.3, -0.25) is 9.78 Å². The molecule has 0 unspecified atom stereocenters. The molecule has 0 aliphatic carbocycles. The number of pyridine rings is 2. The van der Waals surface area contributed by atoms with Gasteiger partial charge in [0.25, 0.3) is 5.91 Å². The van der Waals surface area contributed by atoms with Crippen LogP contribution < -0.4 is 5.32 Å². The molecule has 1 N–H and O–H groups in total. The van der Waals surface area contributed by atoms with Crippen molar-refractivity contribution < 1.29 is 9.53 Å². The van der Waals surface area contributed by atoms with Crippen LogP contribution in [-0.4, -0.2) is 57.0 Å². The summed E-state index contributed by atoms with van der Waals surface area (Å²) >= 11 is 0. The van der Waals surface area contributed by atoms with Gasteiger partial charge in [-0.15, -0.1) is 0 Å². The molecule has 0 aromatic carbocycles. The number of amides is 1. The van der Waals surface area contributed by atoms with Gasteiger partial charge in [-0.25, -0.2) is 15.0 Å². The van der Waals surface area contributed by atoms with Crippen LogP contribution in [-0.2, 0) is 4.74 Å². The van der Waals surface area contributed by atoms with E-state index in [1.165, 1.54) is 0 Å². The van der Waals surface area contributed by atoms with Crippen LogP contribution >= 0.6 is 0 Å². The van der Waals surface area contributed by atoms with Crippen molar-refractivity contribution in [1.29, 1.82) is 0 Å². The molecule has 8 heteroatoms. The van der Waals surface area contributed by atoms with Crippen LogP contribution in [0.3, 0.4) is 0 Å². The number of aryl methyl sites for hydroxylation is 2. The van der Waals surface area contributed by atoms with Crippen molar-refractivity contribution in [3.8, 4) is 11.1 Å². The Morgan fingerprint density at radius 2 is 1.79 bits per heavy atom. The second-order valence-corrected chi connectivity index (χ2v) is 6.81. The minimum absolute atomic E-state index is 0.0102. The Morgan fingerprint density at radius 3 is 2.59 bits per heavy atom. The van der Waals surface area contributed by atoms with E-state index in [0.29, 0.717) is 55.0 Å². The second kappa shape index (κ2) is 8.32. The first kappa shape index (κ1) is 18.9. The molecule has 3 aromatic heterocycles. The molecule has 1 saturated heterocycles. The molecule has 148 valence electrons. The van der Waals surface area contributed by atoms with Gasteiger partial charge in [0.1, 0.15) is 17.5 Å². The molecule has 0 spiro atoms. The highest BCUT2D eigenvalue weighted by molar-refractivity contribution is 5.96. The summed E-state index contributed by atoms with van der Waals surface area (Å²) in [6.45, 7) is 6.03. The Morgan fingerprint density at radius 1 is 1.00 bits per heavy atom. The number of aromatic nitrogens is 4. The Labute approximate surface area is 169 Å². The Bertz CT molecular complexity index is 1030. The van der Waals surface area contributed by atoms with Crippen LogP contribution in [0.25, 0.3) is 11.1 Å². The van der Waals surface area contributed by atoms with Crippen molar-refractivity contribution in [1.82, 2.24) is 24.8 Å². The largest absolute Gasteiger partial charge is 0.378 e. The van der Waals surface area contributed by atoms with Gasteiger partial charge in [0.15, 0.2) is 0 Å². The molecule has 8 nitrogen and oxygen atoms in total. The van der Waals surface area contributed by atoms with Gasteiger partial charge in [-0.1, -0.05) is 0 Å². The molecular formula is C21H22N6O2. The fourth-order valence-electron chi connectivity index (χ4n) is 3.18. The topological polar surface area (TPSA) is 93.1 Å². The summed E-state index contributed by atoms with van der Waals surface area (Å²) in [4.78, 5) is 32.0. The fraction of sp³-hybridized carbons (Fsp3) is 0.286. The first-order chi connectivity index (χ1) is 14.1. The van der Waals surface area contributed by atoms with Crippen molar-refractivity contribution in [2.75, 3.05) is 31.6 Å². The molecule has 1 aliphatic heterocycles. The summed E-state index contributed by atoms with van der Waals surface area (Å²) in [7, 11) is 0. The molecule has 3 aromatic rings. The van der Waals surface area contributed by atoms with E-state index < -0.39 is 0 Å². The van der Waals surface area contributed by atoms with Gasteiger partial charge in [-0.05, 0) is 43.7 Å². The van der Waals surface area contributed by atoms with Gasteiger partial charge in [0.2, 0.25) is 0 Å². The Balaban J connectivity index is 1.60. The lowest BCUT2D eigenvalue weighted by Gasteiger charge is -2.27. The highest BCUT2D eigenvalue weighted by atomic mass is 16.5. The third-order valence-corrected chi connectivity index (χ3v) is 4.74. The van der Waals surface area contributed by atoms with E-state index in [-0.39, 0.29) is 5.91 Å². The molecule has 4 rings (SSSR count). The molecule has 4 heterocycles. The van der Waals surface area contributed by atoms with Gasteiger partial charge in [-0.2, -0.15) is 0 Å². The summed E-state index contributed by atoms with van der Waals surface area (Å²) in [6.07, 6.45) is 5.19. The van der Waals surface area contributed by atoms with Crippen molar-refractivity contribution in [2.24, 2.45) is 0 Å². The third kappa shape index (κ3) is 4.38. The summed E-state index contributed by atoms with van der Waals surface area (Å²) in [5, 5.41) is 3.18. The quantitative estimate of drug-likeness (QED) is 0.732. The standard InChI is InChI=1S/C21H22N6O2/c1-14-18(21(28)27-7-9-29-10-8-27)11-17(13-24-14)16-3-5-23-20(12-16)26-19-4-6-22-15(2)25-19/h3-6,11-13H,7-10H2,1-2H3,(H,22,23,25,26). The highest BCUT2D eigenvalue weighted by Gasteiger charge is 2.21. The highest BCUT2D eigenvalue weighted by Crippen LogP contribution is 2.24. The van der Waals surface area contributed by atoms with E-state index >= 15 is 0 Å². The van der Waals surface area contributed by atoms with Crippen LogP contribution in [0, 0.1) is 13.8 Å². The Hall–Kier alpha value is -3.39. The van der Waals surface area contributed by atoms with Crippen LogP contribution in [0.4, 0.5) is 11.6 Å². The molecule has 0 saturated carbocycles. The molecule has 0 radical (unpaired) electrons. The summed E-state index contributed by atoms with van der Waals surface area (Å²) in [6, 6.07) is 7.49. The van der Waals surface area contributed by atoms with Gasteiger partial charge >= 0.3 is 0 Å². The summed E-state index contributed by atoms with van der Waals surface area (Å²) < 4.78 is 5.35. The first-order valence-electron chi connectivity index (χ1n) is 9.47. The SMILES string of the molecule is Cc1nccc(Nc2cc(-c3cnc(C)c(C(=O)N4CCOCC4)c3)ccn2)n1. The summed E-state index contributed by atoms with van der Waals surface area (Å²) in [5.41, 5.74) is 3.10. The number of rotatable bonds is 4. The van der Waals surface area contributed by atoms with Crippen LogP contribution in [0.15, 0.2) is 42.9 Å². The lowest BCUT2D eigenvalue weighted by Crippen LogP contribution is -2.41. The predicted molar refractivity (Wildman–Crippen MR) is 109 cm³/mol. The zero-order valence-corrected chi connectivity index (χ0v) is 16.4. The fourth-order valence-corrected chi connectivity index (χ4v) is 3.18.